The van der Waals surface area contributed by atoms with Gasteiger partial charge in [0, 0.05) is 6.04 Å². The molecule has 2 aromatic heterocycles. The number of nitrogens with two attached hydrogens (primary N) is 1. The van der Waals surface area contributed by atoms with Gasteiger partial charge in [0.1, 0.15) is 23.7 Å². The second-order valence-corrected chi connectivity index (χ2v) is 11.7. The molecule has 2 aromatic rings. The number of unbranched alkanes of at least 4 members (excludes halogenated alkanes) is 2. The van der Waals surface area contributed by atoms with Crippen LogP contribution < -0.4 is 15.9 Å². The number of carboxylic acid groups (broad SMARTS) is 1. The molecule has 0 saturated carbocycles. The van der Waals surface area contributed by atoms with Crippen molar-refractivity contribution in [2.24, 2.45) is 0 Å². The van der Waals surface area contributed by atoms with Gasteiger partial charge in [-0.1, -0.05) is 26.7 Å². The highest BCUT2D eigenvalue weighted by Crippen LogP contribution is 2.41. The summed E-state index contributed by atoms with van der Waals surface area (Å²) in [5.41, 5.74) is 5.60. The molecule has 208 valence electrons. The van der Waals surface area contributed by atoms with Gasteiger partial charge in [-0.2, -0.15) is 0 Å². The van der Waals surface area contributed by atoms with E-state index in [1.807, 2.05) is 0 Å². The van der Waals surface area contributed by atoms with Gasteiger partial charge in [-0.15, -0.1) is 0 Å². The number of aliphatic carboxylic acids is 1. The molecule has 0 aliphatic rings. The molecule has 0 spiro atoms. The number of fused-ring (bicyclic) bond motifs is 1. The third-order valence-corrected chi connectivity index (χ3v) is 8.13. The quantitative estimate of drug-likeness (QED) is 0.131. The smallest absolute Gasteiger partial charge is 0.326 e. The number of hydrogen-bond acceptors (Lipinski definition) is 9. The molecule has 0 radical (unpaired) electrons. The molecule has 4 unspecified atom stereocenters. The van der Waals surface area contributed by atoms with Crippen molar-refractivity contribution in [1.82, 2.24) is 29.7 Å². The largest absolute Gasteiger partial charge is 0.481 e. The lowest BCUT2D eigenvalue weighted by Crippen LogP contribution is -2.51. The van der Waals surface area contributed by atoms with Crippen molar-refractivity contribution < 1.29 is 28.7 Å². The predicted molar refractivity (Wildman–Crippen MR) is 140 cm³/mol. The normalized spacial score (nSPS) is 16.6. The Hall–Kier alpha value is -2.60. The van der Waals surface area contributed by atoms with Crippen molar-refractivity contribution in [3.63, 3.8) is 0 Å². The van der Waals surface area contributed by atoms with Gasteiger partial charge < -0.3 is 24.9 Å². The molecular weight excluding hydrogens is 501 g/mol. The van der Waals surface area contributed by atoms with Crippen molar-refractivity contribution in [1.29, 1.82) is 0 Å². The summed E-state index contributed by atoms with van der Waals surface area (Å²) in [5.74, 6) is -1.29. The second-order valence-electron chi connectivity index (χ2n) is 9.44. The van der Waals surface area contributed by atoms with E-state index in [4.69, 9.17) is 15.2 Å². The summed E-state index contributed by atoms with van der Waals surface area (Å²) >= 11 is 0. The third-order valence-electron chi connectivity index (χ3n) is 5.90. The molecule has 0 amide bonds. The first-order valence-electron chi connectivity index (χ1n) is 12.5. The van der Waals surface area contributed by atoms with E-state index < -0.39 is 37.1 Å². The minimum Gasteiger partial charge on any atom is -0.481 e. The second kappa shape index (κ2) is 13.8. The number of hydrogen-bond donors (Lipinski definition) is 4. The zero-order valence-electron chi connectivity index (χ0n) is 22.3. The maximum absolute atomic E-state index is 14.0. The number of carboxylic acids is 1. The Kier molecular flexibility index (Phi) is 11.4. The van der Waals surface area contributed by atoms with E-state index in [0.29, 0.717) is 24.1 Å². The average molecular weight is 542 g/mol. The molecule has 0 aromatic carbocycles. The fourth-order valence-corrected chi connectivity index (χ4v) is 6.22. The van der Waals surface area contributed by atoms with Crippen LogP contribution >= 0.6 is 7.44 Å². The molecule has 0 bridgehead atoms. The van der Waals surface area contributed by atoms with Gasteiger partial charge in [-0.25, -0.2) is 25.1 Å². The molecule has 4 atom stereocenters. The van der Waals surface area contributed by atoms with Crippen LogP contribution in [0.15, 0.2) is 12.7 Å². The number of aromatic nitrogens is 4. The van der Waals surface area contributed by atoms with Crippen molar-refractivity contribution in [3.05, 3.63) is 12.7 Å². The van der Waals surface area contributed by atoms with Gasteiger partial charge in [-0.05, 0) is 33.6 Å². The lowest BCUT2D eigenvalue weighted by atomic mass is 10.0. The minimum atomic E-state index is -3.63. The lowest BCUT2D eigenvalue weighted by Gasteiger charge is -2.34. The van der Waals surface area contributed by atoms with E-state index in [1.54, 1.807) is 38.6 Å². The SMILES string of the molecule is CCCCCOC(=O)C(C)(CC)NP(=O)(COC(C)Cn1cnc2c(N)ncnc21)NC(C)CC(=O)O. The molecule has 0 fully saturated rings. The summed E-state index contributed by atoms with van der Waals surface area (Å²) in [6, 6.07) is -0.645. The first kappa shape index (κ1) is 30.6. The minimum absolute atomic E-state index is 0.256. The monoisotopic (exact) mass is 541 g/mol. The summed E-state index contributed by atoms with van der Waals surface area (Å²) in [6.07, 6.45) is 4.91. The third kappa shape index (κ3) is 9.03. The maximum atomic E-state index is 14.0. The fraction of sp³-hybridized carbons (Fsp3) is 0.696. The van der Waals surface area contributed by atoms with Crippen molar-refractivity contribution >= 4 is 36.4 Å². The molecule has 37 heavy (non-hydrogen) atoms. The maximum Gasteiger partial charge on any atom is 0.326 e. The number of imidazole rings is 1. The summed E-state index contributed by atoms with van der Waals surface area (Å²) < 4.78 is 27.2. The first-order valence-corrected chi connectivity index (χ1v) is 14.4. The van der Waals surface area contributed by atoms with E-state index in [1.165, 1.54) is 6.33 Å². The lowest BCUT2D eigenvalue weighted by molar-refractivity contribution is -0.150. The van der Waals surface area contributed by atoms with E-state index in [9.17, 15) is 19.3 Å². The van der Waals surface area contributed by atoms with Gasteiger partial charge in [0.05, 0.1) is 32.0 Å². The standard InChI is InChI=1S/C23H40N7O6P/c1-6-8-9-10-35-22(33)23(5,7-2)29-37(34,28-16(3)11-18(31)32)15-36-17(4)12-30-14-27-19-20(24)25-13-26-21(19)30/h13-14,16-17H,6-12,15H2,1-5H3,(H,31,32)(H2,24,25,26)(H2,28,29,34). The van der Waals surface area contributed by atoms with Gasteiger partial charge in [0.25, 0.3) is 0 Å². The molecule has 0 aliphatic carbocycles. The average Bonchev–Trinajstić information content (AvgIpc) is 3.23. The summed E-state index contributed by atoms with van der Waals surface area (Å²) in [4.78, 5) is 36.5. The van der Waals surface area contributed by atoms with Crippen LogP contribution in [0.25, 0.3) is 11.2 Å². The molecule has 14 heteroatoms. The summed E-state index contributed by atoms with van der Waals surface area (Å²) in [7, 11) is -3.63. The van der Waals surface area contributed by atoms with Crippen LogP contribution in [0, 0.1) is 0 Å². The molecule has 0 saturated heterocycles. The summed E-state index contributed by atoms with van der Waals surface area (Å²) in [5, 5.41) is 15.0. The fourth-order valence-electron chi connectivity index (χ4n) is 3.70. The van der Waals surface area contributed by atoms with Crippen LogP contribution in [0.1, 0.15) is 66.7 Å². The number of esters is 1. The highest BCUT2D eigenvalue weighted by molar-refractivity contribution is 7.59. The Balaban J connectivity index is 2.14. The Bertz CT molecular complexity index is 1100. The molecule has 5 N–H and O–H groups in total. The van der Waals surface area contributed by atoms with Gasteiger partial charge in [0.2, 0.25) is 7.44 Å². The van der Waals surface area contributed by atoms with E-state index in [-0.39, 0.29) is 25.2 Å². The predicted octanol–water partition coefficient (Wildman–Crippen LogP) is 2.91. The molecule has 0 aliphatic heterocycles. The Morgan fingerprint density at radius 1 is 1.24 bits per heavy atom. The van der Waals surface area contributed by atoms with Crippen LogP contribution in [0.3, 0.4) is 0 Å². The number of nitrogens with one attached hydrogen (secondary N) is 2. The topological polar surface area (TPSA) is 184 Å². The number of ether oxygens (including phenoxy) is 2. The van der Waals surface area contributed by atoms with E-state index >= 15 is 0 Å². The van der Waals surface area contributed by atoms with Crippen LogP contribution in [0.2, 0.25) is 0 Å². The molecule has 13 nitrogen and oxygen atoms in total. The van der Waals surface area contributed by atoms with Gasteiger partial charge >= 0.3 is 11.9 Å². The molecule has 2 rings (SSSR count). The Morgan fingerprint density at radius 3 is 2.62 bits per heavy atom. The number of rotatable bonds is 17. The van der Waals surface area contributed by atoms with Crippen molar-refractivity contribution in [2.45, 2.75) is 91.0 Å². The van der Waals surface area contributed by atoms with Crippen molar-refractivity contribution in [3.8, 4) is 0 Å². The first-order chi connectivity index (χ1) is 17.4. The number of anilines is 1. The summed E-state index contributed by atoms with van der Waals surface area (Å²) in [6.45, 7) is 9.48. The number of nitrogen functional groups attached to an aromatic ring is 1. The highest BCUT2D eigenvalue weighted by atomic mass is 31.2. The number of nitrogens with zero attached hydrogens (tertiary/aromatic N) is 4. The number of carbonyl (C=O) groups is 2. The zero-order valence-corrected chi connectivity index (χ0v) is 23.2. The number of carbonyl (C=O) groups excluding carboxylic acids is 1. The molecular formula is C23H40N7O6P. The van der Waals surface area contributed by atoms with E-state index in [0.717, 1.165) is 19.3 Å². The van der Waals surface area contributed by atoms with Gasteiger partial charge in [-0.3, -0.25) is 14.2 Å². The Labute approximate surface area is 217 Å². The van der Waals surface area contributed by atoms with Crippen LogP contribution in [-0.2, 0) is 30.2 Å². The molecule has 2 heterocycles. The van der Waals surface area contributed by atoms with Crippen LogP contribution in [-0.4, -0.2) is 67.2 Å². The van der Waals surface area contributed by atoms with E-state index in [2.05, 4.69) is 32.1 Å². The Morgan fingerprint density at radius 2 is 1.97 bits per heavy atom. The van der Waals surface area contributed by atoms with Crippen LogP contribution in [0.5, 0.6) is 0 Å². The van der Waals surface area contributed by atoms with Gasteiger partial charge in [0.15, 0.2) is 11.5 Å². The van der Waals surface area contributed by atoms with Crippen LogP contribution in [0.4, 0.5) is 5.82 Å². The zero-order chi connectivity index (χ0) is 27.6. The van der Waals surface area contributed by atoms with Crippen molar-refractivity contribution in [2.75, 3.05) is 18.7 Å². The highest BCUT2D eigenvalue weighted by Gasteiger charge is 2.40.